The first-order valence-corrected chi connectivity index (χ1v) is 7.46. The molecule has 0 saturated carbocycles. The van der Waals surface area contributed by atoms with E-state index in [-0.39, 0.29) is 6.04 Å². The van der Waals surface area contributed by atoms with Crippen LogP contribution in [0.15, 0.2) is 23.0 Å². The zero-order chi connectivity index (χ0) is 13.7. The number of nitrogens with zero attached hydrogens (tertiary/aromatic N) is 2. The maximum atomic E-state index is 6.28. The van der Waals surface area contributed by atoms with E-state index in [1.165, 1.54) is 5.56 Å². The normalized spacial score (nSPS) is 12.8. The highest BCUT2D eigenvalue weighted by Gasteiger charge is 2.19. The third-order valence-corrected chi connectivity index (χ3v) is 4.06. The van der Waals surface area contributed by atoms with E-state index in [1.54, 1.807) is 24.6 Å². The van der Waals surface area contributed by atoms with Gasteiger partial charge < -0.3 is 10.1 Å². The lowest BCUT2D eigenvalue weighted by Gasteiger charge is -2.18. The lowest BCUT2D eigenvalue weighted by molar-refractivity contribution is 0.181. The minimum absolute atomic E-state index is 0.154. The number of ether oxygens (including phenoxy) is 1. The first-order valence-electron chi connectivity index (χ1n) is 6.14. The van der Waals surface area contributed by atoms with Gasteiger partial charge in [0.2, 0.25) is 0 Å². The summed E-state index contributed by atoms with van der Waals surface area (Å²) in [4.78, 5) is 0. The number of halogens is 1. The van der Waals surface area contributed by atoms with Crippen molar-refractivity contribution in [1.29, 1.82) is 0 Å². The molecule has 2 rings (SSSR count). The third-order valence-electron chi connectivity index (χ3n) is 3.04. The molecule has 2 aromatic rings. The Hall–Kier alpha value is -0.880. The molecular weight excluding hydrogens is 282 g/mol. The molecule has 1 N–H and O–H groups in total. The van der Waals surface area contributed by atoms with Gasteiger partial charge in [-0.3, -0.25) is 4.68 Å². The van der Waals surface area contributed by atoms with Crippen LogP contribution in [0.25, 0.3) is 0 Å². The third kappa shape index (κ3) is 3.57. The number of rotatable bonds is 7. The largest absolute Gasteiger partial charge is 0.383 e. The van der Waals surface area contributed by atoms with E-state index < -0.39 is 0 Å². The molecule has 104 valence electrons. The highest BCUT2D eigenvalue weighted by molar-refractivity contribution is 7.07. The zero-order valence-corrected chi connectivity index (χ0v) is 12.7. The average molecular weight is 300 g/mol. The van der Waals surface area contributed by atoms with Gasteiger partial charge in [-0.25, -0.2) is 0 Å². The molecule has 6 heteroatoms. The molecule has 0 bridgehead atoms. The number of hydrogen-bond acceptors (Lipinski definition) is 4. The van der Waals surface area contributed by atoms with Crippen molar-refractivity contribution in [3.8, 4) is 0 Å². The molecule has 2 heterocycles. The predicted molar refractivity (Wildman–Crippen MR) is 78.9 cm³/mol. The van der Waals surface area contributed by atoms with Gasteiger partial charge in [-0.15, -0.1) is 0 Å². The number of aromatic nitrogens is 2. The number of hydrogen-bond donors (Lipinski definition) is 1. The Balaban J connectivity index is 2.19. The molecule has 2 aromatic heterocycles. The minimum atomic E-state index is 0.154. The van der Waals surface area contributed by atoms with Gasteiger partial charge in [0.15, 0.2) is 0 Å². The maximum absolute atomic E-state index is 6.28. The molecule has 4 nitrogen and oxygen atoms in total. The second-order valence-electron chi connectivity index (χ2n) is 4.27. The molecule has 1 atom stereocenters. The Labute approximate surface area is 122 Å². The van der Waals surface area contributed by atoms with E-state index in [0.717, 1.165) is 12.1 Å². The number of methoxy groups -OCH3 is 1. The molecule has 0 fully saturated rings. The molecule has 0 aliphatic heterocycles. The van der Waals surface area contributed by atoms with Crippen molar-refractivity contribution in [3.63, 3.8) is 0 Å². The molecule has 0 amide bonds. The van der Waals surface area contributed by atoms with Crippen LogP contribution in [-0.2, 0) is 17.7 Å². The van der Waals surface area contributed by atoms with Gasteiger partial charge >= 0.3 is 0 Å². The average Bonchev–Trinajstić information content (AvgIpc) is 3.04. The first kappa shape index (κ1) is 14.5. The lowest BCUT2D eigenvalue weighted by Crippen LogP contribution is -2.23. The molecule has 0 aliphatic carbocycles. The van der Waals surface area contributed by atoms with Crippen LogP contribution in [0.5, 0.6) is 0 Å². The zero-order valence-electron chi connectivity index (χ0n) is 11.1. The fourth-order valence-corrected chi connectivity index (χ4v) is 3.01. The lowest BCUT2D eigenvalue weighted by atomic mass is 10.1. The quantitative estimate of drug-likeness (QED) is 0.854. The van der Waals surface area contributed by atoms with Gasteiger partial charge in [-0.2, -0.15) is 16.4 Å². The second-order valence-corrected chi connectivity index (χ2v) is 5.46. The monoisotopic (exact) mass is 299 g/mol. The Morgan fingerprint density at radius 3 is 3.05 bits per heavy atom. The maximum Gasteiger partial charge on any atom is 0.0834 e. The van der Waals surface area contributed by atoms with Gasteiger partial charge in [0.25, 0.3) is 0 Å². The molecule has 0 saturated heterocycles. The molecule has 0 aromatic carbocycles. The molecule has 0 radical (unpaired) electrons. The van der Waals surface area contributed by atoms with Gasteiger partial charge in [-0.05, 0) is 35.9 Å². The van der Waals surface area contributed by atoms with Crippen LogP contribution in [-0.4, -0.2) is 30.5 Å². The Morgan fingerprint density at radius 2 is 2.42 bits per heavy atom. The van der Waals surface area contributed by atoms with Crippen molar-refractivity contribution >= 4 is 22.9 Å². The van der Waals surface area contributed by atoms with E-state index in [2.05, 4.69) is 27.2 Å². The highest BCUT2D eigenvalue weighted by atomic mass is 35.5. The Kier molecular flexibility index (Phi) is 5.39. The molecule has 0 spiro atoms. The minimum Gasteiger partial charge on any atom is -0.383 e. The van der Waals surface area contributed by atoms with Gasteiger partial charge in [0.05, 0.1) is 36.1 Å². The topological polar surface area (TPSA) is 39.1 Å². The van der Waals surface area contributed by atoms with Crippen LogP contribution in [0.4, 0.5) is 0 Å². The summed E-state index contributed by atoms with van der Waals surface area (Å²) >= 11 is 7.98. The van der Waals surface area contributed by atoms with Crippen molar-refractivity contribution in [1.82, 2.24) is 15.1 Å². The van der Waals surface area contributed by atoms with Crippen LogP contribution in [0.2, 0.25) is 5.02 Å². The van der Waals surface area contributed by atoms with E-state index in [1.807, 2.05) is 11.7 Å². The van der Waals surface area contributed by atoms with Crippen LogP contribution in [0.1, 0.15) is 17.3 Å². The van der Waals surface area contributed by atoms with Gasteiger partial charge in [0, 0.05) is 7.11 Å². The summed E-state index contributed by atoms with van der Waals surface area (Å²) in [6.07, 6.45) is 2.60. The summed E-state index contributed by atoms with van der Waals surface area (Å²) in [6, 6.07) is 2.29. The molecular formula is C13H18ClN3OS. The number of nitrogens with one attached hydrogen (secondary N) is 1. The summed E-state index contributed by atoms with van der Waals surface area (Å²) in [7, 11) is 3.63. The molecule has 19 heavy (non-hydrogen) atoms. The first-order chi connectivity index (χ1) is 9.26. The Bertz CT molecular complexity index is 498. The van der Waals surface area contributed by atoms with Crippen LogP contribution < -0.4 is 5.32 Å². The van der Waals surface area contributed by atoms with Crippen molar-refractivity contribution in [2.75, 3.05) is 20.8 Å². The summed E-state index contributed by atoms with van der Waals surface area (Å²) in [5.41, 5.74) is 2.33. The van der Waals surface area contributed by atoms with Crippen molar-refractivity contribution < 1.29 is 4.74 Å². The van der Waals surface area contributed by atoms with Crippen molar-refractivity contribution in [2.45, 2.75) is 19.0 Å². The summed E-state index contributed by atoms with van der Waals surface area (Å²) in [5, 5.41) is 12.6. The number of thiophene rings is 1. The van der Waals surface area contributed by atoms with E-state index in [9.17, 15) is 0 Å². The van der Waals surface area contributed by atoms with E-state index in [0.29, 0.717) is 18.2 Å². The standard InChI is InChI=1S/C13H18ClN3OS/c1-15-12(7-10-3-6-19-9-10)13-11(14)8-16-17(13)4-5-18-2/h3,6,8-9,12,15H,4-5,7H2,1-2H3. The van der Waals surface area contributed by atoms with Gasteiger partial charge in [-0.1, -0.05) is 11.6 Å². The fourth-order valence-electron chi connectivity index (χ4n) is 2.05. The smallest absolute Gasteiger partial charge is 0.0834 e. The highest BCUT2D eigenvalue weighted by Crippen LogP contribution is 2.26. The predicted octanol–water partition coefficient (Wildman–Crippen LogP) is 2.75. The molecule has 0 aliphatic rings. The summed E-state index contributed by atoms with van der Waals surface area (Å²) in [6.45, 7) is 1.33. The second kappa shape index (κ2) is 7.05. The Morgan fingerprint density at radius 1 is 1.58 bits per heavy atom. The van der Waals surface area contributed by atoms with Crippen molar-refractivity contribution in [2.24, 2.45) is 0 Å². The molecule has 1 unspecified atom stereocenters. The van der Waals surface area contributed by atoms with Crippen LogP contribution >= 0.6 is 22.9 Å². The number of likely N-dealkylation sites (N-methyl/N-ethyl adjacent to an activating group) is 1. The van der Waals surface area contributed by atoms with Gasteiger partial charge in [0.1, 0.15) is 0 Å². The van der Waals surface area contributed by atoms with Crippen molar-refractivity contribution in [3.05, 3.63) is 39.3 Å². The summed E-state index contributed by atoms with van der Waals surface area (Å²) < 4.78 is 7.02. The summed E-state index contributed by atoms with van der Waals surface area (Å²) in [5.74, 6) is 0. The van der Waals surface area contributed by atoms with E-state index >= 15 is 0 Å². The van der Waals surface area contributed by atoms with E-state index in [4.69, 9.17) is 16.3 Å². The SMILES string of the molecule is CNC(Cc1ccsc1)c1c(Cl)cnn1CCOC. The van der Waals surface area contributed by atoms with Crippen LogP contribution in [0.3, 0.4) is 0 Å². The van der Waals surface area contributed by atoms with Crippen LogP contribution in [0, 0.1) is 0 Å². The fraction of sp³-hybridized carbons (Fsp3) is 0.462.